The highest BCUT2D eigenvalue weighted by Crippen LogP contribution is 2.16. The summed E-state index contributed by atoms with van der Waals surface area (Å²) in [6.07, 6.45) is 2.01. The number of aliphatic hydroxyl groups excluding tert-OH is 1. The first-order chi connectivity index (χ1) is 10.1. The molecular weight excluding hydrogens is 280 g/mol. The van der Waals surface area contributed by atoms with E-state index in [-0.39, 0.29) is 24.9 Å². The van der Waals surface area contributed by atoms with Crippen LogP contribution in [0.25, 0.3) is 0 Å². The van der Waals surface area contributed by atoms with Crippen LogP contribution in [0.4, 0.5) is 19.3 Å². The number of urea groups is 1. The lowest BCUT2D eigenvalue weighted by molar-refractivity contribution is 0.182. The fourth-order valence-electron chi connectivity index (χ4n) is 2.36. The van der Waals surface area contributed by atoms with E-state index < -0.39 is 17.7 Å². The van der Waals surface area contributed by atoms with Crippen LogP contribution in [0.15, 0.2) is 18.2 Å². The van der Waals surface area contributed by atoms with Gasteiger partial charge in [0.25, 0.3) is 0 Å². The van der Waals surface area contributed by atoms with E-state index in [2.05, 4.69) is 10.6 Å². The molecule has 1 aromatic carbocycles. The number of hydrogen-bond acceptors (Lipinski definition) is 3. The number of rotatable bonds is 5. The lowest BCUT2D eigenvalue weighted by Gasteiger charge is -2.25. The molecule has 5 nitrogen and oxygen atoms in total. The fourth-order valence-corrected chi connectivity index (χ4v) is 2.36. The Morgan fingerprint density at radius 1 is 1.48 bits per heavy atom. The molecule has 1 aromatic rings. The predicted molar refractivity (Wildman–Crippen MR) is 75.1 cm³/mol. The molecular formula is C14H19F2N3O2. The highest BCUT2D eigenvalue weighted by atomic mass is 19.1. The second-order valence-corrected chi connectivity index (χ2v) is 5.02. The number of carbonyl (C=O) groups excluding carboxylic acids is 1. The van der Waals surface area contributed by atoms with Crippen LogP contribution in [0.3, 0.4) is 0 Å². The molecule has 2 amide bonds. The highest BCUT2D eigenvalue weighted by Gasteiger charge is 2.21. The molecule has 2 rings (SSSR count). The summed E-state index contributed by atoms with van der Waals surface area (Å²) in [7, 11) is 0. The largest absolute Gasteiger partial charge is 0.395 e. The molecule has 7 heteroatoms. The molecule has 1 unspecified atom stereocenters. The van der Waals surface area contributed by atoms with E-state index in [1.165, 1.54) is 11.0 Å². The molecule has 1 saturated heterocycles. The van der Waals surface area contributed by atoms with Gasteiger partial charge in [-0.25, -0.2) is 13.6 Å². The SMILES string of the molecule is O=C(Nc1ccc(F)cc1F)N(CCO)CC1CCCN1. The number of anilines is 1. The topological polar surface area (TPSA) is 64.6 Å². The van der Waals surface area contributed by atoms with E-state index in [0.29, 0.717) is 12.6 Å². The van der Waals surface area contributed by atoms with Crippen molar-refractivity contribution in [2.75, 3.05) is 31.6 Å². The van der Waals surface area contributed by atoms with Crippen molar-refractivity contribution in [3.8, 4) is 0 Å². The van der Waals surface area contributed by atoms with Crippen LogP contribution in [0.1, 0.15) is 12.8 Å². The van der Waals surface area contributed by atoms with Crippen molar-refractivity contribution in [3.63, 3.8) is 0 Å². The van der Waals surface area contributed by atoms with Crippen molar-refractivity contribution >= 4 is 11.7 Å². The van der Waals surface area contributed by atoms with Gasteiger partial charge in [-0.3, -0.25) is 0 Å². The maximum atomic E-state index is 13.5. The summed E-state index contributed by atoms with van der Waals surface area (Å²) >= 11 is 0. The number of carbonyl (C=O) groups is 1. The first-order valence-corrected chi connectivity index (χ1v) is 6.95. The Morgan fingerprint density at radius 3 is 2.90 bits per heavy atom. The summed E-state index contributed by atoms with van der Waals surface area (Å²) in [5.41, 5.74) is -0.0799. The Hall–Kier alpha value is -1.73. The van der Waals surface area contributed by atoms with Crippen LogP contribution >= 0.6 is 0 Å². The van der Waals surface area contributed by atoms with Gasteiger partial charge in [-0.15, -0.1) is 0 Å². The molecule has 3 N–H and O–H groups in total. The van der Waals surface area contributed by atoms with Gasteiger partial charge in [0.05, 0.1) is 12.3 Å². The summed E-state index contributed by atoms with van der Waals surface area (Å²) in [5.74, 6) is -1.53. The van der Waals surface area contributed by atoms with Gasteiger partial charge in [0.2, 0.25) is 0 Å². The van der Waals surface area contributed by atoms with Gasteiger partial charge in [-0.05, 0) is 31.5 Å². The predicted octanol–water partition coefficient (Wildman–Crippen LogP) is 1.54. The first-order valence-electron chi connectivity index (χ1n) is 6.95. The minimum absolute atomic E-state index is 0.0799. The van der Waals surface area contributed by atoms with Gasteiger partial charge in [0.15, 0.2) is 0 Å². The second kappa shape index (κ2) is 7.33. The van der Waals surface area contributed by atoms with E-state index in [9.17, 15) is 13.6 Å². The first kappa shape index (κ1) is 15.7. The molecule has 1 aliphatic heterocycles. The van der Waals surface area contributed by atoms with Crippen LogP contribution in [0.5, 0.6) is 0 Å². The van der Waals surface area contributed by atoms with Gasteiger partial charge in [0, 0.05) is 25.2 Å². The third kappa shape index (κ3) is 4.37. The van der Waals surface area contributed by atoms with Gasteiger partial charge in [-0.1, -0.05) is 0 Å². The maximum Gasteiger partial charge on any atom is 0.322 e. The number of hydrogen-bond donors (Lipinski definition) is 3. The van der Waals surface area contributed by atoms with Gasteiger partial charge < -0.3 is 20.6 Å². The lowest BCUT2D eigenvalue weighted by atomic mass is 10.2. The Morgan fingerprint density at radius 2 is 2.29 bits per heavy atom. The molecule has 0 spiro atoms. The van der Waals surface area contributed by atoms with Crippen molar-refractivity contribution in [2.45, 2.75) is 18.9 Å². The smallest absolute Gasteiger partial charge is 0.322 e. The summed E-state index contributed by atoms with van der Waals surface area (Å²) in [6, 6.07) is 2.63. The van der Waals surface area contributed by atoms with Gasteiger partial charge in [-0.2, -0.15) is 0 Å². The summed E-state index contributed by atoms with van der Waals surface area (Å²) in [4.78, 5) is 13.6. The van der Waals surface area contributed by atoms with E-state index in [1.54, 1.807) is 0 Å². The van der Waals surface area contributed by atoms with Crippen LogP contribution in [0.2, 0.25) is 0 Å². The van der Waals surface area contributed by atoms with Crippen LogP contribution in [-0.4, -0.2) is 48.3 Å². The van der Waals surface area contributed by atoms with Crippen molar-refractivity contribution in [3.05, 3.63) is 29.8 Å². The molecule has 0 aliphatic carbocycles. The van der Waals surface area contributed by atoms with E-state index >= 15 is 0 Å². The number of amides is 2. The summed E-state index contributed by atoms with van der Waals surface area (Å²) < 4.78 is 26.4. The molecule has 21 heavy (non-hydrogen) atoms. The molecule has 1 aliphatic rings. The van der Waals surface area contributed by atoms with Crippen molar-refractivity contribution in [2.24, 2.45) is 0 Å². The molecule has 0 bridgehead atoms. The highest BCUT2D eigenvalue weighted by molar-refractivity contribution is 5.89. The molecule has 1 heterocycles. The Labute approximate surface area is 121 Å². The molecule has 0 aromatic heterocycles. The third-order valence-corrected chi connectivity index (χ3v) is 3.43. The van der Waals surface area contributed by atoms with E-state index in [4.69, 9.17) is 5.11 Å². The molecule has 0 saturated carbocycles. The van der Waals surface area contributed by atoms with Crippen LogP contribution < -0.4 is 10.6 Å². The Balaban J connectivity index is 1.99. The van der Waals surface area contributed by atoms with Gasteiger partial charge in [0.1, 0.15) is 11.6 Å². The minimum atomic E-state index is -0.828. The average Bonchev–Trinajstić information content (AvgIpc) is 2.94. The number of nitrogens with one attached hydrogen (secondary N) is 2. The number of benzene rings is 1. The zero-order valence-electron chi connectivity index (χ0n) is 11.6. The maximum absolute atomic E-state index is 13.5. The van der Waals surface area contributed by atoms with E-state index in [1.807, 2.05) is 0 Å². The monoisotopic (exact) mass is 299 g/mol. The normalized spacial score (nSPS) is 17.8. The van der Waals surface area contributed by atoms with E-state index in [0.717, 1.165) is 25.5 Å². The number of halogens is 2. The Kier molecular flexibility index (Phi) is 5.46. The summed E-state index contributed by atoms with van der Waals surface area (Å²) in [6.45, 7) is 1.33. The molecule has 0 radical (unpaired) electrons. The van der Waals surface area contributed by atoms with Crippen molar-refractivity contribution < 1.29 is 18.7 Å². The zero-order valence-corrected chi connectivity index (χ0v) is 11.6. The quantitative estimate of drug-likeness (QED) is 0.773. The van der Waals surface area contributed by atoms with Crippen molar-refractivity contribution in [1.82, 2.24) is 10.2 Å². The minimum Gasteiger partial charge on any atom is -0.395 e. The van der Waals surface area contributed by atoms with Crippen LogP contribution in [-0.2, 0) is 0 Å². The van der Waals surface area contributed by atoms with Crippen molar-refractivity contribution in [1.29, 1.82) is 0 Å². The lowest BCUT2D eigenvalue weighted by Crippen LogP contribution is -2.44. The third-order valence-electron chi connectivity index (χ3n) is 3.43. The molecule has 1 fully saturated rings. The summed E-state index contributed by atoms with van der Waals surface area (Å²) in [5, 5.41) is 14.7. The average molecular weight is 299 g/mol. The second-order valence-electron chi connectivity index (χ2n) is 5.02. The van der Waals surface area contributed by atoms with Gasteiger partial charge >= 0.3 is 6.03 Å². The molecule has 1 atom stereocenters. The number of aliphatic hydroxyl groups is 1. The Bertz CT molecular complexity index is 493. The standard InChI is InChI=1S/C14H19F2N3O2/c15-10-3-4-13(12(16)8-10)18-14(21)19(6-7-20)9-11-2-1-5-17-11/h3-4,8,11,17,20H,1-2,5-7,9H2,(H,18,21). The van der Waals surface area contributed by atoms with Crippen LogP contribution in [0, 0.1) is 11.6 Å². The fraction of sp³-hybridized carbons (Fsp3) is 0.500. The number of nitrogens with zero attached hydrogens (tertiary/aromatic N) is 1. The molecule has 116 valence electrons. The zero-order chi connectivity index (χ0) is 15.2.